The number of carboxylic acid groups (broad SMARTS) is 1. The van der Waals surface area contributed by atoms with Gasteiger partial charge in [-0.2, -0.15) is 0 Å². The van der Waals surface area contributed by atoms with Gasteiger partial charge in [-0.15, -0.1) is 0 Å². The molecule has 0 spiro atoms. The lowest BCUT2D eigenvalue weighted by Gasteiger charge is -2.14. The molecule has 0 saturated heterocycles. The third kappa shape index (κ3) is 4.60. The molecule has 18 heavy (non-hydrogen) atoms. The van der Waals surface area contributed by atoms with Gasteiger partial charge in [0.05, 0.1) is 23.8 Å². The van der Waals surface area contributed by atoms with Crippen LogP contribution in [0, 0.1) is 0 Å². The molecule has 6 nitrogen and oxygen atoms in total. The number of carboxylic acids is 1. The number of nitrogens with two attached hydrogens (primary N) is 1. The second-order valence-electron chi connectivity index (χ2n) is 3.85. The van der Waals surface area contributed by atoms with Crippen LogP contribution >= 0.6 is 11.6 Å². The maximum Gasteiger partial charge on any atom is 0.317 e. The van der Waals surface area contributed by atoms with Gasteiger partial charge in [0.2, 0.25) is 5.91 Å². The van der Waals surface area contributed by atoms with Crippen molar-refractivity contribution in [2.45, 2.75) is 0 Å². The minimum atomic E-state index is -0.990. The Morgan fingerprint density at radius 1 is 1.44 bits per heavy atom. The Hall–Kier alpha value is -1.79. The number of hydrogen-bond acceptors (Lipinski definition) is 4. The predicted molar refractivity (Wildman–Crippen MR) is 69.6 cm³/mol. The number of anilines is 2. The van der Waals surface area contributed by atoms with Crippen LogP contribution in [0.3, 0.4) is 0 Å². The number of nitrogens with one attached hydrogen (secondary N) is 1. The first-order valence-corrected chi connectivity index (χ1v) is 5.51. The maximum atomic E-state index is 11.6. The van der Waals surface area contributed by atoms with Crippen molar-refractivity contribution in [3.05, 3.63) is 23.2 Å². The van der Waals surface area contributed by atoms with E-state index in [1.54, 1.807) is 12.1 Å². The molecule has 0 saturated carbocycles. The van der Waals surface area contributed by atoms with Crippen molar-refractivity contribution in [1.82, 2.24) is 4.90 Å². The van der Waals surface area contributed by atoms with Gasteiger partial charge in [0.25, 0.3) is 0 Å². The second-order valence-corrected chi connectivity index (χ2v) is 4.26. The molecule has 1 aromatic rings. The van der Waals surface area contributed by atoms with Gasteiger partial charge < -0.3 is 16.2 Å². The highest BCUT2D eigenvalue weighted by molar-refractivity contribution is 6.34. The van der Waals surface area contributed by atoms with Crippen LogP contribution in [0.25, 0.3) is 0 Å². The molecule has 0 fully saturated rings. The van der Waals surface area contributed by atoms with Gasteiger partial charge in [-0.1, -0.05) is 11.6 Å². The van der Waals surface area contributed by atoms with Gasteiger partial charge in [0, 0.05) is 5.69 Å². The first kappa shape index (κ1) is 14.3. The van der Waals surface area contributed by atoms with Crippen LogP contribution in [0.15, 0.2) is 18.2 Å². The monoisotopic (exact) mass is 271 g/mol. The van der Waals surface area contributed by atoms with Crippen LogP contribution in [-0.4, -0.2) is 42.0 Å². The van der Waals surface area contributed by atoms with Crippen LogP contribution < -0.4 is 11.1 Å². The number of likely N-dealkylation sites (N-methyl/N-ethyl adjacent to an activating group) is 1. The summed E-state index contributed by atoms with van der Waals surface area (Å²) in [7, 11) is 1.54. The highest BCUT2D eigenvalue weighted by atomic mass is 35.5. The Morgan fingerprint density at radius 2 is 2.11 bits per heavy atom. The van der Waals surface area contributed by atoms with E-state index >= 15 is 0 Å². The average Bonchev–Trinajstić information content (AvgIpc) is 2.20. The highest BCUT2D eigenvalue weighted by Gasteiger charge is 2.11. The smallest absolute Gasteiger partial charge is 0.317 e. The van der Waals surface area contributed by atoms with Gasteiger partial charge in [-0.3, -0.25) is 14.5 Å². The number of aliphatic carboxylic acids is 1. The second kappa shape index (κ2) is 6.23. The van der Waals surface area contributed by atoms with Crippen molar-refractivity contribution in [1.29, 1.82) is 0 Å². The molecule has 1 rings (SSSR count). The van der Waals surface area contributed by atoms with Crippen molar-refractivity contribution in [2.24, 2.45) is 0 Å². The van der Waals surface area contributed by atoms with E-state index in [-0.39, 0.29) is 19.0 Å². The molecule has 1 aromatic carbocycles. The summed E-state index contributed by atoms with van der Waals surface area (Å²) < 4.78 is 0. The lowest BCUT2D eigenvalue weighted by molar-refractivity contribution is -0.138. The summed E-state index contributed by atoms with van der Waals surface area (Å²) in [6, 6.07) is 4.73. The SMILES string of the molecule is CN(CC(=O)O)CC(=O)Nc1ccc(N)cc1Cl. The standard InChI is InChI=1S/C11H14ClN3O3/c1-15(6-11(17)18)5-10(16)14-9-3-2-7(13)4-8(9)12/h2-4H,5-6,13H2,1H3,(H,14,16)(H,17,18). The van der Waals surface area contributed by atoms with Gasteiger partial charge in [-0.25, -0.2) is 0 Å². The molecule has 0 radical (unpaired) electrons. The number of nitrogen functional groups attached to an aromatic ring is 1. The van der Waals surface area contributed by atoms with E-state index in [2.05, 4.69) is 5.32 Å². The van der Waals surface area contributed by atoms with Crippen LogP contribution in [0.1, 0.15) is 0 Å². The van der Waals surface area contributed by atoms with Crippen molar-refractivity contribution in [2.75, 3.05) is 31.2 Å². The zero-order valence-electron chi connectivity index (χ0n) is 9.81. The van der Waals surface area contributed by atoms with E-state index in [9.17, 15) is 9.59 Å². The summed E-state index contributed by atoms with van der Waals surface area (Å²) in [5, 5.41) is 11.5. The molecule has 0 bridgehead atoms. The Labute approximate surface area is 109 Å². The molecule has 1 amide bonds. The van der Waals surface area contributed by atoms with E-state index in [0.29, 0.717) is 16.4 Å². The molecular weight excluding hydrogens is 258 g/mol. The maximum absolute atomic E-state index is 11.6. The molecule has 7 heteroatoms. The molecule has 0 atom stereocenters. The molecule has 0 heterocycles. The van der Waals surface area contributed by atoms with Gasteiger partial charge in [0.15, 0.2) is 0 Å². The van der Waals surface area contributed by atoms with E-state index < -0.39 is 5.97 Å². The van der Waals surface area contributed by atoms with Gasteiger partial charge in [-0.05, 0) is 25.2 Å². The van der Waals surface area contributed by atoms with Crippen molar-refractivity contribution in [3.63, 3.8) is 0 Å². The first-order chi connectivity index (χ1) is 8.38. The summed E-state index contributed by atoms with van der Waals surface area (Å²) in [5.41, 5.74) is 6.47. The fourth-order valence-electron chi connectivity index (χ4n) is 1.35. The fourth-order valence-corrected chi connectivity index (χ4v) is 1.59. The summed E-state index contributed by atoms with van der Waals surface area (Å²) in [6.07, 6.45) is 0. The Balaban J connectivity index is 2.56. The Kier molecular flexibility index (Phi) is 4.94. The predicted octanol–water partition coefficient (Wildman–Crippen LogP) is 0.877. The number of rotatable bonds is 5. The van der Waals surface area contributed by atoms with Crippen LogP contribution in [0.5, 0.6) is 0 Å². The number of carbonyl (C=O) groups excluding carboxylic acids is 1. The molecule has 0 aromatic heterocycles. The van der Waals surface area contributed by atoms with Crippen molar-refractivity contribution >= 4 is 34.9 Å². The quantitative estimate of drug-likeness (QED) is 0.691. The minimum absolute atomic E-state index is 0.0347. The van der Waals surface area contributed by atoms with Crippen molar-refractivity contribution in [3.8, 4) is 0 Å². The number of halogens is 1. The summed E-state index contributed by atoms with van der Waals surface area (Å²) in [5.74, 6) is -1.33. The number of nitrogens with zero attached hydrogens (tertiary/aromatic N) is 1. The molecule has 0 aliphatic rings. The first-order valence-electron chi connectivity index (χ1n) is 5.13. The van der Waals surface area contributed by atoms with E-state index in [1.807, 2.05) is 0 Å². The lowest BCUT2D eigenvalue weighted by atomic mass is 10.3. The van der Waals surface area contributed by atoms with Crippen LogP contribution in [0.2, 0.25) is 5.02 Å². The molecule has 0 unspecified atom stereocenters. The summed E-state index contributed by atoms with van der Waals surface area (Å²) >= 11 is 5.89. The third-order valence-electron chi connectivity index (χ3n) is 2.09. The van der Waals surface area contributed by atoms with E-state index in [0.717, 1.165) is 0 Å². The highest BCUT2D eigenvalue weighted by Crippen LogP contribution is 2.23. The van der Waals surface area contributed by atoms with Gasteiger partial charge in [0.1, 0.15) is 0 Å². The third-order valence-corrected chi connectivity index (χ3v) is 2.40. The zero-order valence-corrected chi connectivity index (χ0v) is 10.6. The van der Waals surface area contributed by atoms with Gasteiger partial charge >= 0.3 is 5.97 Å². The van der Waals surface area contributed by atoms with E-state index in [4.69, 9.17) is 22.4 Å². The number of amides is 1. The molecular formula is C11H14ClN3O3. The zero-order chi connectivity index (χ0) is 13.7. The topological polar surface area (TPSA) is 95.7 Å². The number of carbonyl (C=O) groups is 2. The van der Waals surface area contributed by atoms with Crippen LogP contribution in [0.4, 0.5) is 11.4 Å². The average molecular weight is 272 g/mol. The number of hydrogen-bond donors (Lipinski definition) is 3. The minimum Gasteiger partial charge on any atom is -0.480 e. The normalized spacial score (nSPS) is 10.4. The largest absolute Gasteiger partial charge is 0.480 e. The Morgan fingerprint density at radius 3 is 2.67 bits per heavy atom. The molecule has 0 aliphatic carbocycles. The van der Waals surface area contributed by atoms with E-state index in [1.165, 1.54) is 18.0 Å². The number of benzene rings is 1. The Bertz CT molecular complexity index is 465. The molecule has 0 aliphatic heterocycles. The van der Waals surface area contributed by atoms with Crippen molar-refractivity contribution < 1.29 is 14.7 Å². The molecule has 98 valence electrons. The van der Waals surface area contributed by atoms with Crippen LogP contribution in [-0.2, 0) is 9.59 Å². The summed E-state index contributed by atoms with van der Waals surface area (Å²) in [6.45, 7) is -0.240. The summed E-state index contributed by atoms with van der Waals surface area (Å²) in [4.78, 5) is 23.4. The fraction of sp³-hybridized carbons (Fsp3) is 0.273. The molecule has 4 N–H and O–H groups in total. The lowest BCUT2D eigenvalue weighted by Crippen LogP contribution is -2.33.